The Morgan fingerprint density at radius 2 is 0.500 bits per heavy atom. The first kappa shape index (κ1) is 39.5. The topological polar surface area (TPSA) is 478 Å². The second-order valence-corrected chi connectivity index (χ2v) is 14.2. The highest BCUT2D eigenvalue weighted by molar-refractivity contribution is 6.33. The molecule has 0 saturated carbocycles. The third kappa shape index (κ3) is 4.27. The number of fused-ring (bicyclic) bond motifs is 7. The van der Waals surface area contributed by atoms with Crippen molar-refractivity contribution in [1.82, 2.24) is 0 Å². The van der Waals surface area contributed by atoms with Gasteiger partial charge in [-0.25, -0.2) is 0 Å². The van der Waals surface area contributed by atoms with E-state index in [0.29, 0.717) is 6.07 Å². The lowest BCUT2D eigenvalue weighted by atomic mass is 9.81. The number of aromatic hydroxyl groups is 23. The molecule has 8 aromatic carbocycles. The Hall–Kier alpha value is -10.0. The van der Waals surface area contributed by atoms with Crippen molar-refractivity contribution in [3.8, 4) is 154 Å². The van der Waals surface area contributed by atoms with Gasteiger partial charge in [0.25, 0.3) is 0 Å². The molecule has 64 heavy (non-hydrogen) atoms. The van der Waals surface area contributed by atoms with Gasteiger partial charge in [-0.15, -0.1) is 0 Å². The summed E-state index contributed by atoms with van der Waals surface area (Å²) in [6, 6.07) is 0.657. The van der Waals surface area contributed by atoms with E-state index in [-0.39, 0.29) is 0 Å². The molecule has 1 heterocycles. The lowest BCUT2D eigenvalue weighted by molar-refractivity contribution is 0.347. The predicted octanol–water partition coefficient (Wildman–Crippen LogP) is 4.76. The molecule has 0 radical (unpaired) electrons. The van der Waals surface area contributed by atoms with Gasteiger partial charge in [0.15, 0.2) is 80.2 Å². The average molecular weight is 889 g/mol. The van der Waals surface area contributed by atoms with Crippen molar-refractivity contribution in [2.75, 3.05) is 0 Å². The Bertz CT molecular complexity index is 3670. The number of hydrogen-bond donors (Lipinski definition) is 23. The third-order valence-electron chi connectivity index (χ3n) is 11.1. The van der Waals surface area contributed by atoms with E-state index in [0.717, 1.165) is 0 Å². The molecule has 1 aromatic heterocycles. The summed E-state index contributed by atoms with van der Waals surface area (Å²) < 4.78 is 5.50. The van der Waals surface area contributed by atoms with E-state index in [1.807, 2.05) is 0 Å². The normalized spacial score (nSPS) is 11.9. The first-order valence-electron chi connectivity index (χ1n) is 17.4. The van der Waals surface area contributed by atoms with Crippen LogP contribution in [0.15, 0.2) is 10.5 Å². The summed E-state index contributed by atoms with van der Waals surface area (Å²) in [6.45, 7) is 0. The first-order valence-corrected chi connectivity index (χ1v) is 17.4. The van der Waals surface area contributed by atoms with E-state index in [9.17, 15) is 117 Å². The molecule has 0 aliphatic rings. The van der Waals surface area contributed by atoms with Gasteiger partial charge in [-0.2, -0.15) is 0 Å². The van der Waals surface area contributed by atoms with Crippen LogP contribution in [0.2, 0.25) is 0 Å². The molecular formula is C40H24O24. The number of phenols is 23. The SMILES string of the molecule is Oc1cc2c(O)c3oc4c(O)c(O)c(-c5c6c(O)c(O)c(O)c(O)c6c(-c6c(O)c(O)c7c(O)c(O)c(O)c(O)c7c6O)c6c(O)c(O)c(O)c(O)c56)c(O)c4c3c(O)c2c(O)c1O. The number of rotatable bonds is 2. The minimum atomic E-state index is -1.69. The minimum Gasteiger partial charge on any atom is -0.506 e. The van der Waals surface area contributed by atoms with Gasteiger partial charge in [0, 0.05) is 38.1 Å². The maximum atomic E-state index is 12.2. The van der Waals surface area contributed by atoms with Gasteiger partial charge in [0.2, 0.25) is 46.0 Å². The number of benzene rings is 8. The van der Waals surface area contributed by atoms with Gasteiger partial charge in [0.1, 0.15) is 17.2 Å². The maximum absolute atomic E-state index is 12.2. The third-order valence-corrected chi connectivity index (χ3v) is 11.1. The number of hydrogen-bond acceptors (Lipinski definition) is 24. The summed E-state index contributed by atoms with van der Waals surface area (Å²) in [5.74, 6) is -34.8. The Morgan fingerprint density at radius 3 is 0.922 bits per heavy atom. The van der Waals surface area contributed by atoms with Crippen LogP contribution in [0.3, 0.4) is 0 Å². The quantitative estimate of drug-likeness (QED) is 0.0631. The molecule has 24 heteroatoms. The zero-order valence-electron chi connectivity index (χ0n) is 30.8. The van der Waals surface area contributed by atoms with Gasteiger partial charge in [0.05, 0.1) is 38.1 Å². The molecule has 0 atom stereocenters. The van der Waals surface area contributed by atoms with E-state index in [4.69, 9.17) is 4.42 Å². The van der Waals surface area contributed by atoms with Gasteiger partial charge < -0.3 is 122 Å². The van der Waals surface area contributed by atoms with E-state index in [1.54, 1.807) is 0 Å². The van der Waals surface area contributed by atoms with Crippen LogP contribution in [-0.2, 0) is 0 Å². The Balaban J connectivity index is 1.62. The number of furan rings is 1. The van der Waals surface area contributed by atoms with E-state index in [1.165, 1.54) is 0 Å². The van der Waals surface area contributed by atoms with Crippen LogP contribution in [0.4, 0.5) is 0 Å². The fourth-order valence-electron chi connectivity index (χ4n) is 8.22. The van der Waals surface area contributed by atoms with Crippen LogP contribution in [0.5, 0.6) is 132 Å². The molecule has 0 unspecified atom stereocenters. The Labute approximate surface area is 347 Å². The van der Waals surface area contributed by atoms with Gasteiger partial charge >= 0.3 is 0 Å². The zero-order valence-corrected chi connectivity index (χ0v) is 30.8. The fourth-order valence-corrected chi connectivity index (χ4v) is 8.22. The first-order chi connectivity index (χ1) is 29.9. The van der Waals surface area contributed by atoms with Crippen molar-refractivity contribution in [2.45, 2.75) is 0 Å². The molecule has 0 fully saturated rings. The largest absolute Gasteiger partial charge is 0.506 e. The standard InChI is InChI=1S/C40H24O24/c41-3-1-2-4(22(47)18(3)43)19(44)15-16-21(46)12(31(56)38(63)40(16)64-39(15)17(2)42)6-9-7(23(48)32(57)34(59)25(9)50)5(8-10(6)26(51)35(60)33(58)24(8)49)11-20(45)13-14(28(53)27(11)52)30(55)37(62)36(61)29(13)54/h1,41-63H. The smallest absolute Gasteiger partial charge is 0.205 e. The van der Waals surface area contributed by atoms with Crippen molar-refractivity contribution in [3.63, 3.8) is 0 Å². The molecule has 0 saturated heterocycles. The summed E-state index contributed by atoms with van der Waals surface area (Å²) >= 11 is 0. The monoisotopic (exact) mass is 888 g/mol. The highest BCUT2D eigenvalue weighted by Gasteiger charge is 2.39. The van der Waals surface area contributed by atoms with E-state index in [2.05, 4.69) is 0 Å². The minimum absolute atomic E-state index is 0.610. The molecule has 24 nitrogen and oxygen atoms in total. The summed E-state index contributed by atoms with van der Waals surface area (Å²) in [6.07, 6.45) is 0. The molecule has 0 bridgehead atoms. The molecule has 9 rings (SSSR count). The molecule has 9 aromatic rings. The zero-order chi connectivity index (χ0) is 46.9. The highest BCUT2D eigenvalue weighted by Crippen LogP contribution is 2.68. The van der Waals surface area contributed by atoms with E-state index >= 15 is 0 Å². The van der Waals surface area contributed by atoms with Gasteiger partial charge in [-0.3, -0.25) is 0 Å². The fraction of sp³-hybridized carbons (Fsp3) is 0. The molecule has 0 aliphatic heterocycles. The summed E-state index contributed by atoms with van der Waals surface area (Å²) in [5, 5.41) is 244. The molecular weight excluding hydrogens is 864 g/mol. The molecule has 0 spiro atoms. The van der Waals surface area contributed by atoms with Crippen LogP contribution in [0.25, 0.3) is 87.3 Å². The average Bonchev–Trinajstić information content (AvgIpc) is 3.68. The van der Waals surface area contributed by atoms with Crippen molar-refractivity contribution in [3.05, 3.63) is 6.07 Å². The van der Waals surface area contributed by atoms with Crippen molar-refractivity contribution in [2.24, 2.45) is 0 Å². The van der Waals surface area contributed by atoms with Crippen LogP contribution in [0, 0.1) is 0 Å². The molecule has 23 N–H and O–H groups in total. The Morgan fingerprint density at radius 1 is 0.203 bits per heavy atom. The molecule has 0 amide bonds. The summed E-state index contributed by atoms with van der Waals surface area (Å²) in [4.78, 5) is 0. The van der Waals surface area contributed by atoms with Crippen molar-refractivity contribution in [1.29, 1.82) is 0 Å². The van der Waals surface area contributed by atoms with Crippen LogP contribution < -0.4 is 0 Å². The second-order valence-electron chi connectivity index (χ2n) is 14.2. The lowest BCUT2D eigenvalue weighted by Crippen LogP contribution is -1.97. The van der Waals surface area contributed by atoms with Gasteiger partial charge in [-0.05, 0) is 6.07 Å². The lowest BCUT2D eigenvalue weighted by Gasteiger charge is -2.24. The Kier molecular flexibility index (Phi) is 7.44. The van der Waals surface area contributed by atoms with Crippen molar-refractivity contribution >= 4 is 65.0 Å². The van der Waals surface area contributed by atoms with Crippen LogP contribution in [0.1, 0.15) is 0 Å². The van der Waals surface area contributed by atoms with E-state index < -0.39 is 220 Å². The maximum Gasteiger partial charge on any atom is 0.205 e. The van der Waals surface area contributed by atoms with Gasteiger partial charge in [-0.1, -0.05) is 0 Å². The predicted molar refractivity (Wildman–Crippen MR) is 213 cm³/mol. The summed E-state index contributed by atoms with van der Waals surface area (Å²) in [7, 11) is 0. The molecule has 328 valence electrons. The molecule has 0 aliphatic carbocycles. The highest BCUT2D eigenvalue weighted by atomic mass is 16.4. The number of phenolic OH excluding ortho intramolecular Hbond substituents is 23. The van der Waals surface area contributed by atoms with Crippen molar-refractivity contribution < 1.29 is 122 Å². The van der Waals surface area contributed by atoms with Crippen LogP contribution in [-0.4, -0.2) is 117 Å². The summed E-state index contributed by atoms with van der Waals surface area (Å²) in [5.41, 5.74) is -7.28. The second kappa shape index (κ2) is 12.1. The van der Waals surface area contributed by atoms with Crippen LogP contribution >= 0.6 is 0 Å².